The molecule has 16 heavy (non-hydrogen) atoms. The molecule has 5 heteroatoms. The van der Waals surface area contributed by atoms with Crippen molar-refractivity contribution in [3.63, 3.8) is 0 Å². The van der Waals surface area contributed by atoms with Gasteiger partial charge in [0.15, 0.2) is 12.1 Å². The van der Waals surface area contributed by atoms with Gasteiger partial charge in [0.25, 0.3) is 0 Å². The van der Waals surface area contributed by atoms with Crippen molar-refractivity contribution >= 4 is 0 Å². The standard InChI is InChI=1S/C11H18O5/c1-10(2)14-7-8(15-10)11(5-4-6(11)12)16-9(7)13-3/h6-9,12H,4-5H2,1-3H3/t6-,7?,8-,9?,11-/m1/s1. The van der Waals surface area contributed by atoms with E-state index in [-0.39, 0.29) is 12.2 Å². The van der Waals surface area contributed by atoms with Gasteiger partial charge in [-0.15, -0.1) is 0 Å². The highest BCUT2D eigenvalue weighted by molar-refractivity contribution is 5.13. The number of methoxy groups -OCH3 is 1. The third kappa shape index (κ3) is 1.23. The van der Waals surface area contributed by atoms with Crippen LogP contribution in [0.2, 0.25) is 0 Å². The number of fused-ring (bicyclic) bond motifs is 2. The van der Waals surface area contributed by atoms with Gasteiger partial charge in [-0.2, -0.15) is 0 Å². The zero-order valence-electron chi connectivity index (χ0n) is 9.80. The van der Waals surface area contributed by atoms with Crippen LogP contribution in [0.1, 0.15) is 26.7 Å². The van der Waals surface area contributed by atoms with E-state index in [1.807, 2.05) is 13.8 Å². The largest absolute Gasteiger partial charge is 0.390 e. The fraction of sp³-hybridized carbons (Fsp3) is 1.00. The topological polar surface area (TPSA) is 57.2 Å². The van der Waals surface area contributed by atoms with Crippen LogP contribution in [-0.4, -0.2) is 48.2 Å². The molecule has 2 saturated heterocycles. The Hall–Kier alpha value is -0.200. The molecule has 3 rings (SSSR count). The first-order valence-electron chi connectivity index (χ1n) is 5.73. The highest BCUT2D eigenvalue weighted by atomic mass is 16.8. The Labute approximate surface area is 94.6 Å². The van der Waals surface area contributed by atoms with Crippen LogP contribution in [0.25, 0.3) is 0 Å². The molecule has 2 aliphatic heterocycles. The Kier molecular flexibility index (Phi) is 2.17. The SMILES string of the molecule is COC1O[C@@]2(CC[C@H]2O)[C@@H]2OC(C)(C)OC12. The highest BCUT2D eigenvalue weighted by Crippen LogP contribution is 2.52. The molecule has 1 N–H and O–H groups in total. The van der Waals surface area contributed by atoms with Crippen molar-refractivity contribution in [3.05, 3.63) is 0 Å². The second-order valence-electron chi connectivity index (χ2n) is 5.25. The quantitative estimate of drug-likeness (QED) is 0.706. The molecule has 0 aromatic carbocycles. The summed E-state index contributed by atoms with van der Waals surface area (Å²) < 4.78 is 22.7. The average Bonchev–Trinajstić information content (AvgIpc) is 2.68. The molecule has 0 aromatic rings. The van der Waals surface area contributed by atoms with E-state index in [0.717, 1.165) is 12.8 Å². The summed E-state index contributed by atoms with van der Waals surface area (Å²) in [6.45, 7) is 3.74. The van der Waals surface area contributed by atoms with E-state index >= 15 is 0 Å². The van der Waals surface area contributed by atoms with Gasteiger partial charge in [-0.05, 0) is 26.7 Å². The van der Waals surface area contributed by atoms with Gasteiger partial charge in [-0.3, -0.25) is 0 Å². The molecule has 3 aliphatic rings. The highest BCUT2D eigenvalue weighted by Gasteiger charge is 2.68. The maximum Gasteiger partial charge on any atom is 0.187 e. The Morgan fingerprint density at radius 1 is 1.25 bits per heavy atom. The van der Waals surface area contributed by atoms with Crippen LogP contribution < -0.4 is 0 Å². The summed E-state index contributed by atoms with van der Waals surface area (Å²) in [5, 5.41) is 9.91. The fourth-order valence-corrected chi connectivity index (χ4v) is 2.93. The summed E-state index contributed by atoms with van der Waals surface area (Å²) in [5.74, 6) is -0.627. The van der Waals surface area contributed by atoms with Crippen molar-refractivity contribution in [2.75, 3.05) is 7.11 Å². The Bertz CT molecular complexity index is 305. The summed E-state index contributed by atoms with van der Waals surface area (Å²) in [5.41, 5.74) is -0.612. The molecule has 0 bridgehead atoms. The number of ether oxygens (including phenoxy) is 4. The normalized spacial score (nSPS) is 54.0. The molecule has 2 heterocycles. The maximum absolute atomic E-state index is 9.91. The predicted octanol–water partition coefficient (Wildman–Crippen LogP) is 0.403. The van der Waals surface area contributed by atoms with Gasteiger partial charge >= 0.3 is 0 Å². The van der Waals surface area contributed by atoms with Crippen molar-refractivity contribution < 1.29 is 24.1 Å². The lowest BCUT2D eigenvalue weighted by atomic mass is 9.73. The summed E-state index contributed by atoms with van der Waals surface area (Å²) in [4.78, 5) is 0. The van der Waals surface area contributed by atoms with Gasteiger partial charge < -0.3 is 24.1 Å². The third-order valence-electron chi connectivity index (χ3n) is 3.82. The van der Waals surface area contributed by atoms with Gasteiger partial charge in [-0.25, -0.2) is 0 Å². The first-order valence-corrected chi connectivity index (χ1v) is 5.73. The van der Waals surface area contributed by atoms with Crippen molar-refractivity contribution in [2.24, 2.45) is 0 Å². The summed E-state index contributed by atoms with van der Waals surface area (Å²) in [6, 6.07) is 0. The monoisotopic (exact) mass is 230 g/mol. The lowest BCUT2D eigenvalue weighted by Crippen LogP contribution is -2.59. The fourth-order valence-electron chi connectivity index (χ4n) is 2.93. The smallest absolute Gasteiger partial charge is 0.187 e. The van der Waals surface area contributed by atoms with Crippen LogP contribution in [0.4, 0.5) is 0 Å². The zero-order valence-corrected chi connectivity index (χ0v) is 9.80. The number of hydrogen-bond acceptors (Lipinski definition) is 5. The Morgan fingerprint density at radius 3 is 2.50 bits per heavy atom. The third-order valence-corrected chi connectivity index (χ3v) is 3.82. The van der Waals surface area contributed by atoms with E-state index in [1.165, 1.54) is 0 Å². The summed E-state index contributed by atoms with van der Waals surface area (Å²) in [6.07, 6.45) is 0.170. The Morgan fingerprint density at radius 2 is 2.00 bits per heavy atom. The number of aliphatic hydroxyl groups is 1. The molecular formula is C11H18O5. The van der Waals surface area contributed by atoms with Crippen molar-refractivity contribution in [3.8, 4) is 0 Å². The number of aliphatic hydroxyl groups excluding tert-OH is 1. The molecule has 92 valence electrons. The lowest BCUT2D eigenvalue weighted by molar-refractivity contribution is -0.289. The van der Waals surface area contributed by atoms with Crippen LogP contribution in [-0.2, 0) is 18.9 Å². The molecule has 5 atom stereocenters. The van der Waals surface area contributed by atoms with Gasteiger partial charge in [0.05, 0.1) is 6.10 Å². The Balaban J connectivity index is 1.89. The van der Waals surface area contributed by atoms with Gasteiger partial charge in [-0.1, -0.05) is 0 Å². The van der Waals surface area contributed by atoms with E-state index in [9.17, 15) is 5.11 Å². The first-order chi connectivity index (χ1) is 7.48. The zero-order chi connectivity index (χ0) is 11.6. The maximum atomic E-state index is 9.91. The second-order valence-corrected chi connectivity index (χ2v) is 5.25. The summed E-state index contributed by atoms with van der Waals surface area (Å²) >= 11 is 0. The van der Waals surface area contributed by atoms with E-state index in [4.69, 9.17) is 18.9 Å². The summed E-state index contributed by atoms with van der Waals surface area (Å²) in [7, 11) is 1.58. The second kappa shape index (κ2) is 3.17. The molecular weight excluding hydrogens is 212 g/mol. The molecule has 5 nitrogen and oxygen atoms in total. The van der Waals surface area contributed by atoms with Crippen LogP contribution in [0.15, 0.2) is 0 Å². The molecule has 1 aliphatic carbocycles. The van der Waals surface area contributed by atoms with E-state index in [1.54, 1.807) is 7.11 Å². The van der Waals surface area contributed by atoms with E-state index in [2.05, 4.69) is 0 Å². The van der Waals surface area contributed by atoms with Crippen LogP contribution in [0.5, 0.6) is 0 Å². The molecule has 0 amide bonds. The van der Waals surface area contributed by atoms with E-state index in [0.29, 0.717) is 0 Å². The van der Waals surface area contributed by atoms with Gasteiger partial charge in [0.1, 0.15) is 17.8 Å². The molecule has 1 saturated carbocycles. The molecule has 3 fully saturated rings. The minimum Gasteiger partial charge on any atom is -0.390 e. The first kappa shape index (κ1) is 10.9. The van der Waals surface area contributed by atoms with Gasteiger partial charge in [0, 0.05) is 7.11 Å². The predicted molar refractivity (Wildman–Crippen MR) is 53.7 cm³/mol. The number of rotatable bonds is 1. The molecule has 2 unspecified atom stereocenters. The molecule has 1 spiro atoms. The molecule has 0 radical (unpaired) electrons. The number of hydrogen-bond donors (Lipinski definition) is 1. The minimum atomic E-state index is -0.627. The van der Waals surface area contributed by atoms with Crippen LogP contribution >= 0.6 is 0 Å². The van der Waals surface area contributed by atoms with Crippen LogP contribution in [0, 0.1) is 0 Å². The lowest BCUT2D eigenvalue weighted by Gasteiger charge is -2.45. The van der Waals surface area contributed by atoms with E-state index < -0.39 is 23.8 Å². The van der Waals surface area contributed by atoms with Crippen molar-refractivity contribution in [2.45, 2.75) is 62.7 Å². The van der Waals surface area contributed by atoms with Crippen molar-refractivity contribution in [1.29, 1.82) is 0 Å². The minimum absolute atomic E-state index is 0.226. The van der Waals surface area contributed by atoms with Crippen LogP contribution in [0.3, 0.4) is 0 Å². The molecule has 0 aromatic heterocycles. The van der Waals surface area contributed by atoms with Crippen molar-refractivity contribution in [1.82, 2.24) is 0 Å². The van der Waals surface area contributed by atoms with Gasteiger partial charge in [0.2, 0.25) is 0 Å². The average molecular weight is 230 g/mol.